The highest BCUT2D eigenvalue weighted by molar-refractivity contribution is 5.94. The number of aliphatic hydroxyl groups excluding tert-OH is 1. The highest BCUT2D eigenvalue weighted by Crippen LogP contribution is 2.28. The van der Waals surface area contributed by atoms with Gasteiger partial charge < -0.3 is 15.3 Å². The lowest BCUT2D eigenvalue weighted by molar-refractivity contribution is 0.0760. The Bertz CT molecular complexity index is 673. The standard InChI is InChI=1S/C20H25N3O2/c24-14-11-21-19-9-8-18(15-22-19)20(25)23-12-4-7-17(10-13-23)16-5-2-1-3-6-16/h1-3,5-6,8-9,15,17,24H,4,7,10-14H2,(H,21,22)/t17-/m0/s1. The summed E-state index contributed by atoms with van der Waals surface area (Å²) in [5.41, 5.74) is 1.99. The number of aromatic nitrogens is 1. The maximum Gasteiger partial charge on any atom is 0.255 e. The van der Waals surface area contributed by atoms with Crippen molar-refractivity contribution in [1.82, 2.24) is 9.88 Å². The Hall–Kier alpha value is -2.40. The first-order valence-electron chi connectivity index (χ1n) is 8.93. The van der Waals surface area contributed by atoms with E-state index in [0.717, 1.165) is 32.4 Å². The van der Waals surface area contributed by atoms with Crippen LogP contribution in [0, 0.1) is 0 Å². The molecule has 1 amide bonds. The van der Waals surface area contributed by atoms with Crippen LogP contribution in [0.1, 0.15) is 41.1 Å². The molecular weight excluding hydrogens is 314 g/mol. The lowest BCUT2D eigenvalue weighted by Gasteiger charge is -2.21. The van der Waals surface area contributed by atoms with Crippen LogP contribution in [0.25, 0.3) is 0 Å². The predicted molar refractivity (Wildman–Crippen MR) is 98.8 cm³/mol. The van der Waals surface area contributed by atoms with Gasteiger partial charge in [-0.05, 0) is 42.9 Å². The monoisotopic (exact) mass is 339 g/mol. The lowest BCUT2D eigenvalue weighted by Crippen LogP contribution is -2.32. The van der Waals surface area contributed by atoms with Gasteiger partial charge in [-0.1, -0.05) is 30.3 Å². The van der Waals surface area contributed by atoms with E-state index in [1.807, 2.05) is 11.0 Å². The van der Waals surface area contributed by atoms with Crippen LogP contribution in [0.2, 0.25) is 0 Å². The molecule has 0 unspecified atom stereocenters. The zero-order chi connectivity index (χ0) is 17.5. The minimum Gasteiger partial charge on any atom is -0.395 e. The second-order valence-corrected chi connectivity index (χ2v) is 6.41. The van der Waals surface area contributed by atoms with E-state index in [9.17, 15) is 4.79 Å². The molecule has 1 saturated heterocycles. The molecule has 0 aliphatic carbocycles. The first-order valence-corrected chi connectivity index (χ1v) is 8.93. The van der Waals surface area contributed by atoms with Crippen molar-refractivity contribution in [2.75, 3.05) is 31.6 Å². The molecule has 0 radical (unpaired) electrons. The van der Waals surface area contributed by atoms with E-state index in [-0.39, 0.29) is 12.5 Å². The third-order valence-corrected chi connectivity index (χ3v) is 4.71. The molecule has 2 aromatic rings. The topological polar surface area (TPSA) is 65.5 Å². The number of hydrogen-bond acceptors (Lipinski definition) is 4. The van der Waals surface area contributed by atoms with Crippen molar-refractivity contribution in [3.05, 3.63) is 59.8 Å². The summed E-state index contributed by atoms with van der Waals surface area (Å²) in [7, 11) is 0. The van der Waals surface area contributed by atoms with E-state index >= 15 is 0 Å². The molecular formula is C20H25N3O2. The van der Waals surface area contributed by atoms with Crippen molar-refractivity contribution in [2.24, 2.45) is 0 Å². The van der Waals surface area contributed by atoms with E-state index in [0.29, 0.717) is 23.8 Å². The highest BCUT2D eigenvalue weighted by atomic mass is 16.3. The van der Waals surface area contributed by atoms with Gasteiger partial charge in [0.1, 0.15) is 5.82 Å². The predicted octanol–water partition coefficient (Wildman–Crippen LogP) is 2.90. The van der Waals surface area contributed by atoms with Gasteiger partial charge in [-0.2, -0.15) is 0 Å². The Balaban J connectivity index is 1.61. The van der Waals surface area contributed by atoms with E-state index in [2.05, 4.69) is 34.6 Å². The zero-order valence-corrected chi connectivity index (χ0v) is 14.4. The highest BCUT2D eigenvalue weighted by Gasteiger charge is 2.22. The number of anilines is 1. The SMILES string of the molecule is O=C(c1ccc(NCCO)nc1)N1CCC[C@H](c2ccccc2)CC1. The Labute approximate surface area is 148 Å². The largest absolute Gasteiger partial charge is 0.395 e. The van der Waals surface area contributed by atoms with Crippen molar-refractivity contribution in [2.45, 2.75) is 25.2 Å². The molecule has 5 heteroatoms. The zero-order valence-electron chi connectivity index (χ0n) is 14.4. The van der Waals surface area contributed by atoms with E-state index in [4.69, 9.17) is 5.11 Å². The van der Waals surface area contributed by atoms with E-state index in [1.165, 1.54) is 5.56 Å². The Kier molecular flexibility index (Phi) is 6.01. The molecule has 1 fully saturated rings. The van der Waals surface area contributed by atoms with Gasteiger partial charge in [-0.3, -0.25) is 4.79 Å². The van der Waals surface area contributed by atoms with Gasteiger partial charge in [0.25, 0.3) is 5.91 Å². The van der Waals surface area contributed by atoms with Crippen molar-refractivity contribution >= 4 is 11.7 Å². The fourth-order valence-corrected chi connectivity index (χ4v) is 3.35. The summed E-state index contributed by atoms with van der Waals surface area (Å²) in [5.74, 6) is 1.25. The van der Waals surface area contributed by atoms with Crippen molar-refractivity contribution in [3.63, 3.8) is 0 Å². The smallest absolute Gasteiger partial charge is 0.255 e. The molecule has 0 saturated carbocycles. The number of benzene rings is 1. The normalized spacial score (nSPS) is 17.8. The minimum atomic E-state index is 0.0509. The first kappa shape index (κ1) is 17.4. The summed E-state index contributed by atoms with van der Waals surface area (Å²) >= 11 is 0. The van der Waals surface area contributed by atoms with Crippen LogP contribution >= 0.6 is 0 Å². The van der Waals surface area contributed by atoms with Crippen LogP contribution in [0.15, 0.2) is 48.7 Å². The van der Waals surface area contributed by atoms with Crippen molar-refractivity contribution in [3.8, 4) is 0 Å². The van der Waals surface area contributed by atoms with Gasteiger partial charge in [-0.15, -0.1) is 0 Å². The summed E-state index contributed by atoms with van der Waals surface area (Å²) in [6.45, 7) is 2.08. The molecule has 1 aromatic heterocycles. The molecule has 1 aliphatic heterocycles. The summed E-state index contributed by atoms with van der Waals surface area (Å²) < 4.78 is 0. The summed E-state index contributed by atoms with van der Waals surface area (Å²) in [4.78, 5) is 18.9. The number of carbonyl (C=O) groups is 1. The lowest BCUT2D eigenvalue weighted by atomic mass is 9.92. The van der Waals surface area contributed by atoms with E-state index in [1.54, 1.807) is 18.3 Å². The van der Waals surface area contributed by atoms with Crippen LogP contribution in [0.4, 0.5) is 5.82 Å². The molecule has 132 valence electrons. The second-order valence-electron chi connectivity index (χ2n) is 6.41. The maximum absolute atomic E-state index is 12.7. The molecule has 1 atom stereocenters. The van der Waals surface area contributed by atoms with Crippen LogP contribution in [0.5, 0.6) is 0 Å². The third kappa shape index (κ3) is 4.57. The second kappa shape index (κ2) is 8.62. The number of hydrogen-bond donors (Lipinski definition) is 2. The number of nitrogens with one attached hydrogen (secondary N) is 1. The quantitative estimate of drug-likeness (QED) is 0.879. The maximum atomic E-state index is 12.7. The van der Waals surface area contributed by atoms with Crippen LogP contribution in [-0.2, 0) is 0 Å². The van der Waals surface area contributed by atoms with Crippen molar-refractivity contribution in [1.29, 1.82) is 0 Å². The van der Waals surface area contributed by atoms with Gasteiger partial charge in [0, 0.05) is 25.8 Å². The number of pyridine rings is 1. The van der Waals surface area contributed by atoms with Gasteiger partial charge >= 0.3 is 0 Å². The average Bonchev–Trinajstić information content (AvgIpc) is 2.93. The number of nitrogens with zero attached hydrogens (tertiary/aromatic N) is 2. The molecule has 0 bridgehead atoms. The van der Waals surface area contributed by atoms with Gasteiger partial charge in [-0.25, -0.2) is 4.98 Å². The summed E-state index contributed by atoms with van der Waals surface area (Å²) in [6, 6.07) is 14.2. The molecule has 5 nitrogen and oxygen atoms in total. The van der Waals surface area contributed by atoms with E-state index < -0.39 is 0 Å². The number of likely N-dealkylation sites (tertiary alicyclic amines) is 1. The number of aliphatic hydroxyl groups is 1. The van der Waals surface area contributed by atoms with Gasteiger partial charge in [0.2, 0.25) is 0 Å². The molecule has 1 aromatic carbocycles. The third-order valence-electron chi connectivity index (χ3n) is 4.71. The van der Waals surface area contributed by atoms with Gasteiger partial charge in [0.15, 0.2) is 0 Å². The fourth-order valence-electron chi connectivity index (χ4n) is 3.35. The van der Waals surface area contributed by atoms with Crippen LogP contribution in [-0.4, -0.2) is 47.1 Å². The molecule has 3 rings (SSSR count). The van der Waals surface area contributed by atoms with Crippen LogP contribution < -0.4 is 5.32 Å². The van der Waals surface area contributed by atoms with Crippen molar-refractivity contribution < 1.29 is 9.90 Å². The molecule has 1 aliphatic rings. The Morgan fingerprint density at radius 2 is 2.00 bits per heavy atom. The van der Waals surface area contributed by atoms with Gasteiger partial charge in [0.05, 0.1) is 12.2 Å². The summed E-state index contributed by atoms with van der Waals surface area (Å²) in [5, 5.41) is 11.8. The Morgan fingerprint density at radius 1 is 1.16 bits per heavy atom. The number of carbonyl (C=O) groups excluding carboxylic acids is 1. The van der Waals surface area contributed by atoms with Crippen LogP contribution in [0.3, 0.4) is 0 Å². The summed E-state index contributed by atoms with van der Waals surface area (Å²) in [6.07, 6.45) is 4.76. The average molecular weight is 339 g/mol. The first-order chi connectivity index (χ1) is 12.3. The molecule has 2 heterocycles. The Morgan fingerprint density at radius 3 is 2.72 bits per heavy atom. The molecule has 2 N–H and O–H groups in total. The number of amides is 1. The molecule has 0 spiro atoms. The fraction of sp³-hybridized carbons (Fsp3) is 0.400. The minimum absolute atomic E-state index is 0.0509. The number of rotatable bonds is 5. The molecule has 25 heavy (non-hydrogen) atoms.